The standard InChI is InChI=1S/C32H41N3O4.C2H6/c1-6-10-25-20-26(21-30(37-4)31(25)38-5)29-19-24(13-16-33-29)22-35(27-11-8-7-9-12-27)28-14-17-34(18-15-28)32(36)39-23(2)3;1-2/h7-9,11-13,16,19-21,23,28H,6,10,14-15,17-18,22H2,1-5H3;1-2H3. The molecule has 1 saturated heterocycles. The van der Waals surface area contributed by atoms with Crippen molar-refractivity contribution in [1.29, 1.82) is 0 Å². The number of piperidine rings is 1. The summed E-state index contributed by atoms with van der Waals surface area (Å²) in [5, 5.41) is 0. The highest BCUT2D eigenvalue weighted by Crippen LogP contribution is 2.37. The van der Waals surface area contributed by atoms with Gasteiger partial charge in [0.1, 0.15) is 0 Å². The van der Waals surface area contributed by atoms with Crippen LogP contribution < -0.4 is 14.4 Å². The average molecular weight is 562 g/mol. The molecule has 7 nitrogen and oxygen atoms in total. The van der Waals surface area contributed by atoms with Crippen molar-refractivity contribution >= 4 is 11.8 Å². The van der Waals surface area contributed by atoms with Crippen molar-refractivity contribution in [2.75, 3.05) is 32.2 Å². The number of carbonyl (C=O) groups is 1. The molecule has 0 N–H and O–H groups in total. The van der Waals surface area contributed by atoms with Crippen LogP contribution in [0.4, 0.5) is 10.5 Å². The summed E-state index contributed by atoms with van der Waals surface area (Å²) in [6.45, 7) is 12.1. The lowest BCUT2D eigenvalue weighted by molar-refractivity contribution is 0.0690. The van der Waals surface area contributed by atoms with Gasteiger partial charge in [0.25, 0.3) is 0 Å². The summed E-state index contributed by atoms with van der Waals surface area (Å²) in [4.78, 5) is 21.4. The molecular weight excluding hydrogens is 514 g/mol. The molecule has 1 aliphatic heterocycles. The van der Waals surface area contributed by atoms with Crippen molar-refractivity contribution in [2.24, 2.45) is 0 Å². The maximum absolute atomic E-state index is 12.4. The predicted octanol–water partition coefficient (Wildman–Crippen LogP) is 7.76. The van der Waals surface area contributed by atoms with Gasteiger partial charge in [-0.25, -0.2) is 4.79 Å². The van der Waals surface area contributed by atoms with Crippen LogP contribution in [0.2, 0.25) is 0 Å². The van der Waals surface area contributed by atoms with Crippen molar-refractivity contribution in [3.63, 3.8) is 0 Å². The highest BCUT2D eigenvalue weighted by molar-refractivity contribution is 5.68. The number of aromatic nitrogens is 1. The maximum Gasteiger partial charge on any atom is 0.410 e. The Labute approximate surface area is 246 Å². The fourth-order valence-electron chi connectivity index (χ4n) is 5.26. The van der Waals surface area contributed by atoms with Crippen LogP contribution >= 0.6 is 0 Å². The van der Waals surface area contributed by atoms with Crippen LogP contribution in [0.25, 0.3) is 11.3 Å². The average Bonchev–Trinajstić information content (AvgIpc) is 3.01. The number of para-hydroxylation sites is 1. The SMILES string of the molecule is CC.CCCc1cc(-c2cc(CN(c3ccccc3)C3CCN(C(=O)OC(C)C)CC3)ccn2)cc(OC)c1OC. The minimum atomic E-state index is -0.217. The molecule has 41 heavy (non-hydrogen) atoms. The summed E-state index contributed by atoms with van der Waals surface area (Å²) in [6.07, 6.45) is 5.24. The van der Waals surface area contributed by atoms with Crippen molar-refractivity contribution in [3.8, 4) is 22.8 Å². The molecule has 4 rings (SSSR count). The van der Waals surface area contributed by atoms with Crippen LogP contribution in [0.1, 0.15) is 65.0 Å². The van der Waals surface area contributed by atoms with Gasteiger partial charge in [0.15, 0.2) is 11.5 Å². The zero-order chi connectivity index (χ0) is 29.8. The molecular formula is C34H47N3O4. The van der Waals surface area contributed by atoms with Crippen LogP contribution in [0, 0.1) is 0 Å². The second kappa shape index (κ2) is 15.9. The third-order valence-electron chi connectivity index (χ3n) is 7.14. The number of hydrogen-bond acceptors (Lipinski definition) is 6. The van der Waals surface area contributed by atoms with E-state index >= 15 is 0 Å². The van der Waals surface area contributed by atoms with Crippen molar-refractivity contribution in [1.82, 2.24) is 9.88 Å². The first-order valence-electron chi connectivity index (χ1n) is 14.9. The lowest BCUT2D eigenvalue weighted by Crippen LogP contribution is -2.47. The van der Waals surface area contributed by atoms with E-state index in [0.29, 0.717) is 19.1 Å². The van der Waals surface area contributed by atoms with E-state index < -0.39 is 0 Å². The number of nitrogens with zero attached hydrogens (tertiary/aromatic N) is 3. The third-order valence-corrected chi connectivity index (χ3v) is 7.14. The number of ether oxygens (including phenoxy) is 3. The van der Waals surface area contributed by atoms with Crippen LogP contribution in [0.15, 0.2) is 60.8 Å². The summed E-state index contributed by atoms with van der Waals surface area (Å²) in [6, 6.07) is 19.3. The van der Waals surface area contributed by atoms with Gasteiger partial charge in [-0.1, -0.05) is 45.4 Å². The van der Waals surface area contributed by atoms with Crippen LogP contribution in [0.5, 0.6) is 11.5 Å². The van der Waals surface area contributed by atoms with Crippen LogP contribution in [0.3, 0.4) is 0 Å². The monoisotopic (exact) mass is 561 g/mol. The first-order chi connectivity index (χ1) is 19.9. The van der Waals surface area contributed by atoms with E-state index in [1.165, 1.54) is 11.3 Å². The lowest BCUT2D eigenvalue weighted by atomic mass is 10.00. The molecule has 0 aliphatic carbocycles. The van der Waals surface area contributed by atoms with Gasteiger partial charge in [0.2, 0.25) is 0 Å². The van der Waals surface area contributed by atoms with Gasteiger partial charge in [-0.3, -0.25) is 4.98 Å². The minimum Gasteiger partial charge on any atom is -0.493 e. The summed E-state index contributed by atoms with van der Waals surface area (Å²) in [5.41, 5.74) is 5.40. The number of carbonyl (C=O) groups excluding carboxylic acids is 1. The van der Waals surface area contributed by atoms with E-state index in [2.05, 4.69) is 54.3 Å². The molecule has 1 fully saturated rings. The molecule has 0 unspecified atom stereocenters. The quantitative estimate of drug-likeness (QED) is 0.252. The van der Waals surface area contributed by atoms with Gasteiger partial charge in [0.05, 0.1) is 26.0 Å². The number of hydrogen-bond donors (Lipinski definition) is 0. The fourth-order valence-corrected chi connectivity index (χ4v) is 5.26. The highest BCUT2D eigenvalue weighted by atomic mass is 16.6. The van der Waals surface area contributed by atoms with Gasteiger partial charge in [-0.15, -0.1) is 0 Å². The van der Waals surface area contributed by atoms with Gasteiger partial charge >= 0.3 is 6.09 Å². The Morgan fingerprint density at radius 2 is 1.73 bits per heavy atom. The number of benzene rings is 2. The van der Waals surface area contributed by atoms with E-state index in [0.717, 1.165) is 60.5 Å². The summed E-state index contributed by atoms with van der Waals surface area (Å²) < 4.78 is 16.8. The fraction of sp³-hybridized carbons (Fsp3) is 0.471. The molecule has 222 valence electrons. The molecule has 3 aromatic rings. The summed E-state index contributed by atoms with van der Waals surface area (Å²) in [7, 11) is 3.36. The number of rotatable bonds is 10. The third kappa shape index (κ3) is 8.38. The Hall–Kier alpha value is -3.74. The predicted molar refractivity (Wildman–Crippen MR) is 167 cm³/mol. The van der Waals surface area contributed by atoms with E-state index in [4.69, 9.17) is 19.2 Å². The molecule has 0 atom stereocenters. The molecule has 0 spiro atoms. The minimum absolute atomic E-state index is 0.111. The molecule has 1 aromatic heterocycles. The van der Waals surface area contributed by atoms with Gasteiger partial charge in [-0.05, 0) is 80.6 Å². The molecule has 7 heteroatoms. The summed E-state index contributed by atoms with van der Waals surface area (Å²) in [5.74, 6) is 1.51. The Kier molecular flexibility index (Phi) is 12.3. The molecule has 0 radical (unpaired) electrons. The van der Waals surface area contributed by atoms with Crippen molar-refractivity contribution in [3.05, 3.63) is 71.9 Å². The number of anilines is 1. The van der Waals surface area contributed by atoms with E-state index in [1.807, 2.05) is 50.9 Å². The number of amides is 1. The van der Waals surface area contributed by atoms with Gasteiger partial charge in [-0.2, -0.15) is 0 Å². The number of likely N-dealkylation sites (tertiary alicyclic amines) is 1. The zero-order valence-electron chi connectivity index (χ0n) is 25.9. The molecule has 2 aromatic carbocycles. The van der Waals surface area contributed by atoms with Crippen LogP contribution in [-0.2, 0) is 17.7 Å². The van der Waals surface area contributed by atoms with Gasteiger partial charge < -0.3 is 24.0 Å². The highest BCUT2D eigenvalue weighted by Gasteiger charge is 2.28. The maximum atomic E-state index is 12.4. The largest absolute Gasteiger partial charge is 0.493 e. The van der Waals surface area contributed by atoms with Crippen molar-refractivity contribution in [2.45, 2.75) is 79.0 Å². The number of methoxy groups -OCH3 is 2. The second-order valence-corrected chi connectivity index (χ2v) is 10.3. The van der Waals surface area contributed by atoms with E-state index in [9.17, 15) is 4.79 Å². The molecule has 1 amide bonds. The first-order valence-corrected chi connectivity index (χ1v) is 14.9. The second-order valence-electron chi connectivity index (χ2n) is 10.3. The Morgan fingerprint density at radius 3 is 2.34 bits per heavy atom. The van der Waals surface area contributed by atoms with E-state index in [1.54, 1.807) is 14.2 Å². The molecule has 0 saturated carbocycles. The number of pyridine rings is 1. The zero-order valence-corrected chi connectivity index (χ0v) is 25.9. The Balaban J connectivity index is 0.00000226. The Bertz CT molecular complexity index is 1220. The molecule has 1 aliphatic rings. The molecule has 2 heterocycles. The van der Waals surface area contributed by atoms with E-state index in [-0.39, 0.29) is 12.2 Å². The van der Waals surface area contributed by atoms with Crippen molar-refractivity contribution < 1.29 is 19.0 Å². The Morgan fingerprint density at radius 1 is 1.02 bits per heavy atom. The van der Waals surface area contributed by atoms with Crippen LogP contribution in [-0.4, -0.2) is 55.4 Å². The smallest absolute Gasteiger partial charge is 0.410 e. The topological polar surface area (TPSA) is 64.1 Å². The summed E-state index contributed by atoms with van der Waals surface area (Å²) >= 11 is 0. The lowest BCUT2D eigenvalue weighted by Gasteiger charge is -2.39. The van der Waals surface area contributed by atoms with Gasteiger partial charge in [0, 0.05) is 43.1 Å². The number of aryl methyl sites for hydroxylation is 1. The first kappa shape index (κ1) is 31.8. The molecule has 0 bridgehead atoms. The normalized spacial score (nSPS) is 13.3.